The molecule has 5 nitrogen and oxygen atoms in total. The molecule has 0 bridgehead atoms. The number of benzene rings is 1. The summed E-state index contributed by atoms with van der Waals surface area (Å²) in [6.07, 6.45) is 0. The second-order valence-electron chi connectivity index (χ2n) is 5.73. The van der Waals surface area contributed by atoms with Crippen LogP contribution in [0.3, 0.4) is 0 Å². The van der Waals surface area contributed by atoms with Crippen LogP contribution < -0.4 is 10.2 Å². The zero-order chi connectivity index (χ0) is 16.4. The lowest BCUT2D eigenvalue weighted by Gasteiger charge is -2.33. The molecule has 1 aromatic heterocycles. The molecule has 1 N–H and O–H groups in total. The van der Waals surface area contributed by atoms with Gasteiger partial charge in [0.2, 0.25) is 5.95 Å². The molecule has 0 saturated carbocycles. The summed E-state index contributed by atoms with van der Waals surface area (Å²) >= 11 is 0. The average molecular weight is 319 g/mol. The van der Waals surface area contributed by atoms with Gasteiger partial charge in [-0.15, -0.1) is 0 Å². The second kappa shape index (κ2) is 6.45. The number of halogens is 2. The second-order valence-corrected chi connectivity index (χ2v) is 5.73. The Labute approximate surface area is 134 Å². The van der Waals surface area contributed by atoms with Crippen LogP contribution in [0.2, 0.25) is 0 Å². The quantitative estimate of drug-likeness (QED) is 0.942. The molecule has 0 atom stereocenters. The Morgan fingerprint density at radius 1 is 1.04 bits per heavy atom. The van der Waals surface area contributed by atoms with Gasteiger partial charge in [-0.2, -0.15) is 4.98 Å². The molecular weight excluding hydrogens is 300 g/mol. The third-order valence-electron chi connectivity index (χ3n) is 3.85. The molecule has 1 aliphatic rings. The van der Waals surface area contributed by atoms with E-state index in [4.69, 9.17) is 0 Å². The van der Waals surface area contributed by atoms with E-state index in [0.717, 1.165) is 43.8 Å². The smallest absolute Gasteiger partial charge is 0.229 e. The third kappa shape index (κ3) is 3.73. The van der Waals surface area contributed by atoms with E-state index in [1.807, 2.05) is 13.0 Å². The van der Waals surface area contributed by atoms with Gasteiger partial charge in [0.1, 0.15) is 17.5 Å². The fourth-order valence-electron chi connectivity index (χ4n) is 2.52. The van der Waals surface area contributed by atoms with Gasteiger partial charge in [-0.1, -0.05) is 0 Å². The van der Waals surface area contributed by atoms with Crippen molar-refractivity contribution in [2.24, 2.45) is 0 Å². The Hall–Kier alpha value is -2.28. The third-order valence-corrected chi connectivity index (χ3v) is 3.85. The number of nitrogens with one attached hydrogen (secondary N) is 1. The molecule has 1 fully saturated rings. The maximum absolute atomic E-state index is 13.8. The number of nitrogens with zero attached hydrogens (tertiary/aromatic N) is 4. The van der Waals surface area contributed by atoms with Gasteiger partial charge in [0.15, 0.2) is 0 Å². The van der Waals surface area contributed by atoms with Crippen LogP contribution in [0.15, 0.2) is 24.3 Å². The molecule has 1 aromatic carbocycles. The van der Waals surface area contributed by atoms with E-state index in [0.29, 0.717) is 5.95 Å². The van der Waals surface area contributed by atoms with E-state index in [-0.39, 0.29) is 5.69 Å². The van der Waals surface area contributed by atoms with Crippen molar-refractivity contribution < 1.29 is 8.78 Å². The predicted octanol–water partition coefficient (Wildman–Crippen LogP) is 2.56. The van der Waals surface area contributed by atoms with Crippen LogP contribution in [0.25, 0.3) is 0 Å². The van der Waals surface area contributed by atoms with Gasteiger partial charge in [-0.25, -0.2) is 13.8 Å². The van der Waals surface area contributed by atoms with Crippen molar-refractivity contribution in [1.29, 1.82) is 0 Å². The summed E-state index contributed by atoms with van der Waals surface area (Å²) in [6, 6.07) is 5.28. The highest BCUT2D eigenvalue weighted by atomic mass is 19.1. The molecule has 1 saturated heterocycles. The van der Waals surface area contributed by atoms with Crippen LogP contribution in [0.5, 0.6) is 0 Å². The number of rotatable bonds is 3. The lowest BCUT2D eigenvalue weighted by atomic mass is 10.3. The van der Waals surface area contributed by atoms with Crippen molar-refractivity contribution in [3.63, 3.8) is 0 Å². The highest BCUT2D eigenvalue weighted by Crippen LogP contribution is 2.21. The maximum atomic E-state index is 13.8. The summed E-state index contributed by atoms with van der Waals surface area (Å²) in [5.74, 6) is -0.160. The minimum Gasteiger partial charge on any atom is -0.354 e. The van der Waals surface area contributed by atoms with Crippen molar-refractivity contribution in [2.75, 3.05) is 43.4 Å². The summed E-state index contributed by atoms with van der Waals surface area (Å²) in [6.45, 7) is 5.58. The number of hydrogen-bond donors (Lipinski definition) is 1. The first-order valence-electron chi connectivity index (χ1n) is 7.52. The number of aromatic nitrogens is 2. The maximum Gasteiger partial charge on any atom is 0.229 e. The predicted molar refractivity (Wildman–Crippen MR) is 86.1 cm³/mol. The fraction of sp³-hybridized carbons (Fsp3) is 0.375. The largest absolute Gasteiger partial charge is 0.354 e. The molecule has 0 aliphatic carbocycles. The zero-order valence-corrected chi connectivity index (χ0v) is 13.2. The molecule has 0 spiro atoms. The van der Waals surface area contributed by atoms with Crippen LogP contribution in [0, 0.1) is 18.6 Å². The average Bonchev–Trinajstić information content (AvgIpc) is 2.50. The molecule has 0 radical (unpaired) electrons. The number of anilines is 3. The highest BCUT2D eigenvalue weighted by Gasteiger charge is 2.17. The summed E-state index contributed by atoms with van der Waals surface area (Å²) in [5.41, 5.74) is 0.945. The molecule has 2 aromatic rings. The summed E-state index contributed by atoms with van der Waals surface area (Å²) < 4.78 is 26.7. The first-order chi connectivity index (χ1) is 11.0. The van der Waals surface area contributed by atoms with Crippen LogP contribution in [-0.2, 0) is 0 Å². The summed E-state index contributed by atoms with van der Waals surface area (Å²) in [5, 5.41) is 2.83. The normalized spacial score (nSPS) is 15.7. The van der Waals surface area contributed by atoms with E-state index in [1.54, 1.807) is 0 Å². The molecule has 23 heavy (non-hydrogen) atoms. The summed E-state index contributed by atoms with van der Waals surface area (Å²) in [7, 11) is 2.09. The molecule has 1 aliphatic heterocycles. The van der Waals surface area contributed by atoms with Crippen LogP contribution >= 0.6 is 0 Å². The van der Waals surface area contributed by atoms with E-state index in [1.165, 1.54) is 12.1 Å². The number of hydrogen-bond acceptors (Lipinski definition) is 5. The Bertz CT molecular complexity index is 699. The minimum absolute atomic E-state index is 0.154. The number of aryl methyl sites for hydroxylation is 1. The molecule has 0 amide bonds. The Kier molecular flexibility index (Phi) is 4.38. The minimum atomic E-state index is -0.670. The van der Waals surface area contributed by atoms with E-state index >= 15 is 0 Å². The first-order valence-corrected chi connectivity index (χ1v) is 7.52. The SMILES string of the molecule is Cc1cc(N2CCN(C)CC2)nc(Nc2ccc(F)cc2F)n1. The Balaban J connectivity index is 1.82. The Morgan fingerprint density at radius 3 is 2.48 bits per heavy atom. The van der Waals surface area contributed by atoms with Gasteiger partial charge in [0.05, 0.1) is 5.69 Å². The molecular formula is C16H19F2N5. The summed E-state index contributed by atoms with van der Waals surface area (Å²) in [4.78, 5) is 13.2. The van der Waals surface area contributed by atoms with Gasteiger partial charge in [-0.05, 0) is 26.1 Å². The lowest BCUT2D eigenvalue weighted by molar-refractivity contribution is 0.312. The number of likely N-dealkylation sites (N-methyl/N-ethyl adjacent to an activating group) is 1. The first kappa shape index (κ1) is 15.6. The van der Waals surface area contributed by atoms with Gasteiger partial charge in [-0.3, -0.25) is 0 Å². The van der Waals surface area contributed by atoms with Gasteiger partial charge in [0, 0.05) is 44.0 Å². The van der Waals surface area contributed by atoms with Crippen molar-refractivity contribution in [3.8, 4) is 0 Å². The standard InChI is InChI=1S/C16H19F2N5/c1-11-9-15(23-7-5-22(2)6-8-23)21-16(19-11)20-14-4-3-12(17)10-13(14)18/h3-4,9-10H,5-8H2,1-2H3,(H,19,20,21). The number of piperazine rings is 1. The molecule has 2 heterocycles. The fourth-order valence-corrected chi connectivity index (χ4v) is 2.52. The zero-order valence-electron chi connectivity index (χ0n) is 13.2. The Morgan fingerprint density at radius 2 is 1.78 bits per heavy atom. The lowest BCUT2D eigenvalue weighted by Crippen LogP contribution is -2.44. The van der Waals surface area contributed by atoms with Crippen molar-refractivity contribution in [3.05, 3.63) is 41.6 Å². The highest BCUT2D eigenvalue weighted by molar-refractivity contribution is 5.56. The monoisotopic (exact) mass is 319 g/mol. The van der Waals surface area contributed by atoms with E-state index in [2.05, 4.69) is 32.1 Å². The topological polar surface area (TPSA) is 44.3 Å². The molecule has 0 unspecified atom stereocenters. The molecule has 122 valence electrons. The van der Waals surface area contributed by atoms with Gasteiger partial charge < -0.3 is 15.1 Å². The van der Waals surface area contributed by atoms with Crippen LogP contribution in [-0.4, -0.2) is 48.1 Å². The molecule has 7 heteroatoms. The van der Waals surface area contributed by atoms with Crippen molar-refractivity contribution >= 4 is 17.5 Å². The van der Waals surface area contributed by atoms with Crippen LogP contribution in [0.1, 0.15) is 5.69 Å². The van der Waals surface area contributed by atoms with E-state index in [9.17, 15) is 8.78 Å². The van der Waals surface area contributed by atoms with Gasteiger partial charge >= 0.3 is 0 Å². The van der Waals surface area contributed by atoms with Crippen molar-refractivity contribution in [1.82, 2.24) is 14.9 Å². The van der Waals surface area contributed by atoms with E-state index < -0.39 is 11.6 Å². The van der Waals surface area contributed by atoms with Crippen LogP contribution in [0.4, 0.5) is 26.2 Å². The van der Waals surface area contributed by atoms with Gasteiger partial charge in [0.25, 0.3) is 0 Å². The van der Waals surface area contributed by atoms with Crippen molar-refractivity contribution in [2.45, 2.75) is 6.92 Å². The molecule has 3 rings (SSSR count).